The van der Waals surface area contributed by atoms with Crippen molar-refractivity contribution in [3.8, 4) is 5.88 Å². The fourth-order valence-corrected chi connectivity index (χ4v) is 4.01. The molecule has 0 unspecified atom stereocenters. The molecule has 156 valence electrons. The summed E-state index contributed by atoms with van der Waals surface area (Å²) in [5, 5.41) is 9.53. The first kappa shape index (κ1) is 19.9. The van der Waals surface area contributed by atoms with E-state index in [1.807, 2.05) is 11.0 Å². The Bertz CT molecular complexity index is 915. The molecule has 1 saturated carbocycles. The van der Waals surface area contributed by atoms with Crippen LogP contribution >= 0.6 is 11.6 Å². The maximum Gasteiger partial charge on any atom is 0.285 e. The smallest absolute Gasteiger partial charge is 0.285 e. The number of ether oxygens (including phenoxy) is 1. The van der Waals surface area contributed by atoms with Gasteiger partial charge in [-0.05, 0) is 25.0 Å². The summed E-state index contributed by atoms with van der Waals surface area (Å²) in [5.74, 6) is -2.11. The number of halogens is 3. The number of rotatable bonds is 5. The molecule has 2 aliphatic rings. The van der Waals surface area contributed by atoms with Gasteiger partial charge in [0.05, 0.1) is 24.1 Å². The Morgan fingerprint density at radius 2 is 2.10 bits per heavy atom. The van der Waals surface area contributed by atoms with Crippen LogP contribution in [0.15, 0.2) is 29.3 Å². The highest BCUT2D eigenvalue weighted by Gasteiger charge is 2.35. The second kappa shape index (κ2) is 8.14. The van der Waals surface area contributed by atoms with Gasteiger partial charge in [0.1, 0.15) is 11.1 Å². The number of nitrogens with zero attached hydrogens (tertiary/aromatic N) is 3. The molecule has 0 spiro atoms. The van der Waals surface area contributed by atoms with Crippen LogP contribution in [0.2, 0.25) is 5.02 Å². The molecule has 1 saturated heterocycles. The Morgan fingerprint density at radius 3 is 2.90 bits per heavy atom. The highest BCUT2D eigenvalue weighted by Crippen LogP contribution is 2.35. The summed E-state index contributed by atoms with van der Waals surface area (Å²) in [4.78, 5) is 17.9. The molecule has 0 aromatic carbocycles. The lowest BCUT2D eigenvalue weighted by molar-refractivity contribution is -0.0361. The molecule has 0 radical (unpaired) electrons. The molecular weight excluding hydrogens is 404 g/mol. The average Bonchev–Trinajstić information content (AvgIpc) is 3.15. The number of hydrogen-bond acceptors (Lipinski definition) is 6. The SMILES string of the molecule is O=c1[nH]ncc(N2CC[C@@H](Oc3ncccc3NC3CCC(F)(F)CC3)C2)c1Cl. The fourth-order valence-electron chi connectivity index (χ4n) is 3.79. The van der Waals surface area contributed by atoms with E-state index in [0.29, 0.717) is 43.2 Å². The monoisotopic (exact) mass is 425 g/mol. The van der Waals surface area contributed by atoms with Gasteiger partial charge in [-0.15, -0.1) is 0 Å². The first-order valence-corrected chi connectivity index (χ1v) is 10.0. The molecule has 2 fully saturated rings. The van der Waals surface area contributed by atoms with Crippen molar-refractivity contribution in [2.75, 3.05) is 23.3 Å². The van der Waals surface area contributed by atoms with Gasteiger partial charge in [0.25, 0.3) is 5.56 Å². The highest BCUT2D eigenvalue weighted by molar-refractivity contribution is 6.33. The summed E-state index contributed by atoms with van der Waals surface area (Å²) in [6, 6.07) is 3.61. The van der Waals surface area contributed by atoms with Crippen molar-refractivity contribution >= 4 is 23.0 Å². The van der Waals surface area contributed by atoms with E-state index < -0.39 is 11.5 Å². The van der Waals surface area contributed by atoms with Crippen molar-refractivity contribution < 1.29 is 13.5 Å². The van der Waals surface area contributed by atoms with Gasteiger partial charge >= 0.3 is 0 Å². The van der Waals surface area contributed by atoms with Gasteiger partial charge in [0.15, 0.2) is 0 Å². The van der Waals surface area contributed by atoms with Gasteiger partial charge in [-0.3, -0.25) is 4.79 Å². The van der Waals surface area contributed by atoms with Crippen LogP contribution in [0.4, 0.5) is 20.2 Å². The molecule has 0 amide bonds. The van der Waals surface area contributed by atoms with Crippen molar-refractivity contribution in [3.05, 3.63) is 39.9 Å². The number of alkyl halides is 2. The normalized spacial score (nSPS) is 21.9. The molecule has 7 nitrogen and oxygen atoms in total. The van der Waals surface area contributed by atoms with E-state index in [-0.39, 0.29) is 30.0 Å². The van der Waals surface area contributed by atoms with E-state index in [1.54, 1.807) is 12.3 Å². The van der Waals surface area contributed by atoms with Crippen LogP contribution in [-0.2, 0) is 0 Å². The topological polar surface area (TPSA) is 83.1 Å². The molecule has 29 heavy (non-hydrogen) atoms. The number of H-pyrrole nitrogens is 1. The minimum Gasteiger partial charge on any atom is -0.471 e. The summed E-state index contributed by atoms with van der Waals surface area (Å²) < 4.78 is 32.9. The molecular formula is C19H22ClF2N5O2. The summed E-state index contributed by atoms with van der Waals surface area (Å²) >= 11 is 6.09. The standard InChI is InChI=1S/C19H22ClF2N5O2/c20-16-15(10-24-26-17(16)28)27-9-5-13(11-27)29-18-14(2-1-8-23-18)25-12-3-6-19(21,22)7-4-12/h1-2,8,10,12-13,25H,3-7,9,11H2,(H,26,28)/t13-/m1/s1. The van der Waals surface area contributed by atoms with Crippen molar-refractivity contribution in [2.24, 2.45) is 0 Å². The second-order valence-corrected chi connectivity index (χ2v) is 7.88. The number of pyridine rings is 1. The lowest BCUT2D eigenvalue weighted by Crippen LogP contribution is -2.32. The lowest BCUT2D eigenvalue weighted by atomic mass is 9.92. The number of hydrogen-bond donors (Lipinski definition) is 2. The number of aromatic amines is 1. The molecule has 2 N–H and O–H groups in total. The summed E-state index contributed by atoms with van der Waals surface area (Å²) in [5.41, 5.74) is 0.851. The predicted molar refractivity (Wildman–Crippen MR) is 106 cm³/mol. The first-order chi connectivity index (χ1) is 13.9. The summed E-state index contributed by atoms with van der Waals surface area (Å²) in [6.45, 7) is 1.21. The molecule has 2 aromatic heterocycles. The zero-order valence-corrected chi connectivity index (χ0v) is 16.5. The lowest BCUT2D eigenvalue weighted by Gasteiger charge is -2.30. The first-order valence-electron chi connectivity index (χ1n) is 9.65. The summed E-state index contributed by atoms with van der Waals surface area (Å²) in [6.07, 6.45) is 4.36. The predicted octanol–water partition coefficient (Wildman–Crippen LogP) is 3.47. The van der Waals surface area contributed by atoms with Gasteiger partial charge in [0.2, 0.25) is 11.8 Å². The maximum absolute atomic E-state index is 13.4. The Hall–Kier alpha value is -2.42. The van der Waals surface area contributed by atoms with E-state index >= 15 is 0 Å². The highest BCUT2D eigenvalue weighted by atomic mass is 35.5. The quantitative estimate of drug-likeness (QED) is 0.763. The molecule has 4 rings (SSSR count). The van der Waals surface area contributed by atoms with Crippen LogP contribution in [0.3, 0.4) is 0 Å². The van der Waals surface area contributed by atoms with Crippen LogP contribution in [0.5, 0.6) is 5.88 Å². The molecule has 3 heterocycles. The Balaban J connectivity index is 1.40. The van der Waals surface area contributed by atoms with Crippen LogP contribution < -0.4 is 20.5 Å². The Morgan fingerprint density at radius 1 is 1.31 bits per heavy atom. The Kier molecular flexibility index (Phi) is 5.58. The second-order valence-electron chi connectivity index (χ2n) is 7.50. The van der Waals surface area contributed by atoms with Crippen molar-refractivity contribution in [3.63, 3.8) is 0 Å². The van der Waals surface area contributed by atoms with E-state index in [4.69, 9.17) is 16.3 Å². The third-order valence-electron chi connectivity index (χ3n) is 5.39. The summed E-state index contributed by atoms with van der Waals surface area (Å²) in [7, 11) is 0. The number of aromatic nitrogens is 3. The zero-order valence-electron chi connectivity index (χ0n) is 15.7. The Labute approximate surface area is 171 Å². The average molecular weight is 426 g/mol. The van der Waals surface area contributed by atoms with E-state index in [0.717, 1.165) is 6.42 Å². The van der Waals surface area contributed by atoms with Gasteiger partial charge in [-0.2, -0.15) is 5.10 Å². The van der Waals surface area contributed by atoms with E-state index in [1.165, 1.54) is 6.20 Å². The minimum atomic E-state index is -2.56. The third kappa shape index (κ3) is 4.60. The molecule has 0 bridgehead atoms. The van der Waals surface area contributed by atoms with Crippen LogP contribution in [-0.4, -0.2) is 46.3 Å². The van der Waals surface area contributed by atoms with Crippen molar-refractivity contribution in [1.29, 1.82) is 0 Å². The molecule has 1 aliphatic heterocycles. The third-order valence-corrected chi connectivity index (χ3v) is 5.75. The van der Waals surface area contributed by atoms with Gasteiger partial charge in [-0.25, -0.2) is 18.9 Å². The van der Waals surface area contributed by atoms with Crippen LogP contribution in [0, 0.1) is 0 Å². The van der Waals surface area contributed by atoms with Gasteiger partial charge in [0, 0.05) is 38.0 Å². The van der Waals surface area contributed by atoms with Gasteiger partial charge in [-0.1, -0.05) is 11.6 Å². The molecule has 2 aromatic rings. The van der Waals surface area contributed by atoms with Crippen LogP contribution in [0.1, 0.15) is 32.1 Å². The molecule has 1 aliphatic carbocycles. The van der Waals surface area contributed by atoms with Crippen LogP contribution in [0.25, 0.3) is 0 Å². The maximum atomic E-state index is 13.4. The molecule has 10 heteroatoms. The van der Waals surface area contributed by atoms with Gasteiger partial charge < -0.3 is 15.0 Å². The van der Waals surface area contributed by atoms with E-state index in [2.05, 4.69) is 20.5 Å². The zero-order chi connectivity index (χ0) is 20.4. The molecule has 1 atom stereocenters. The van der Waals surface area contributed by atoms with Crippen molar-refractivity contribution in [2.45, 2.75) is 50.2 Å². The number of nitrogens with one attached hydrogen (secondary N) is 2. The van der Waals surface area contributed by atoms with Crippen molar-refractivity contribution in [1.82, 2.24) is 15.2 Å². The number of anilines is 2. The van der Waals surface area contributed by atoms with E-state index in [9.17, 15) is 13.6 Å². The largest absolute Gasteiger partial charge is 0.471 e. The fraction of sp³-hybridized carbons (Fsp3) is 0.526. The minimum absolute atomic E-state index is 0.0258.